The van der Waals surface area contributed by atoms with E-state index in [9.17, 15) is 14.0 Å². The number of carbonyl (C=O) groups is 2. The summed E-state index contributed by atoms with van der Waals surface area (Å²) in [5.41, 5.74) is 3.11. The van der Waals surface area contributed by atoms with Gasteiger partial charge in [0.1, 0.15) is 23.8 Å². The number of aldehydes is 1. The molecule has 3 unspecified atom stereocenters. The molecule has 10 heteroatoms. The molecule has 3 atom stereocenters. The smallest absolute Gasteiger partial charge is 0.247 e. The van der Waals surface area contributed by atoms with E-state index in [0.29, 0.717) is 45.4 Å². The molecule has 0 bridgehead atoms. The Labute approximate surface area is 239 Å². The van der Waals surface area contributed by atoms with Crippen LogP contribution in [0.15, 0.2) is 48.8 Å². The Morgan fingerprint density at radius 1 is 1.30 bits per heavy atom. The maximum absolute atomic E-state index is 14.1. The SMILES string of the molecule is CN(c1ccc(C(C)(C)C)cc1)C(C(=O)NC1CCC(F)(P)CC1)c1cccnc1.N#CN1CCOCC1C=O. The van der Waals surface area contributed by atoms with E-state index in [1.165, 1.54) is 10.5 Å². The number of morpholine rings is 1. The number of aromatic nitrogens is 1. The fraction of sp³-hybridized carbons (Fsp3) is 0.533. The molecule has 2 aromatic rings. The van der Waals surface area contributed by atoms with Gasteiger partial charge in [0.25, 0.3) is 0 Å². The van der Waals surface area contributed by atoms with E-state index >= 15 is 0 Å². The van der Waals surface area contributed by atoms with Crippen LogP contribution in [0.25, 0.3) is 0 Å². The number of likely N-dealkylation sites (N-methyl/N-ethyl adjacent to an activating group) is 1. The van der Waals surface area contributed by atoms with Gasteiger partial charge in [0.2, 0.25) is 5.91 Å². The van der Waals surface area contributed by atoms with Crippen LogP contribution in [-0.2, 0) is 19.7 Å². The second kappa shape index (κ2) is 14.0. The van der Waals surface area contributed by atoms with Crippen molar-refractivity contribution in [1.29, 1.82) is 5.26 Å². The van der Waals surface area contributed by atoms with Gasteiger partial charge in [0.05, 0.1) is 19.8 Å². The van der Waals surface area contributed by atoms with Gasteiger partial charge in [0.15, 0.2) is 6.19 Å². The van der Waals surface area contributed by atoms with Crippen LogP contribution in [0, 0.1) is 11.5 Å². The first-order chi connectivity index (χ1) is 18.9. The van der Waals surface area contributed by atoms with Crippen molar-refractivity contribution in [1.82, 2.24) is 15.2 Å². The minimum Gasteiger partial charge on any atom is -0.377 e. The first kappa shape index (κ1) is 31.4. The summed E-state index contributed by atoms with van der Waals surface area (Å²) in [6.07, 6.45) is 8.30. The average molecular weight is 570 g/mol. The van der Waals surface area contributed by atoms with Gasteiger partial charge in [-0.3, -0.25) is 14.7 Å². The second-order valence-electron chi connectivity index (χ2n) is 11.5. The first-order valence-corrected chi connectivity index (χ1v) is 14.2. The second-order valence-corrected chi connectivity index (χ2v) is 12.5. The van der Waals surface area contributed by atoms with Gasteiger partial charge in [-0.25, -0.2) is 4.39 Å². The molecule has 8 nitrogen and oxygen atoms in total. The van der Waals surface area contributed by atoms with Crippen LogP contribution in [0.4, 0.5) is 10.1 Å². The summed E-state index contributed by atoms with van der Waals surface area (Å²) in [5, 5.41) is 10.4. The number of anilines is 1. The summed E-state index contributed by atoms with van der Waals surface area (Å²) in [7, 11) is 4.24. The zero-order valence-corrected chi connectivity index (χ0v) is 25.0. The Morgan fingerprint density at radius 3 is 2.50 bits per heavy atom. The summed E-state index contributed by atoms with van der Waals surface area (Å²) in [4.78, 5) is 31.2. The van der Waals surface area contributed by atoms with Crippen molar-refractivity contribution in [2.45, 2.75) is 75.4 Å². The van der Waals surface area contributed by atoms with Gasteiger partial charge in [-0.15, -0.1) is 0 Å². The van der Waals surface area contributed by atoms with Crippen LogP contribution >= 0.6 is 9.24 Å². The number of ether oxygens (including phenoxy) is 1. The summed E-state index contributed by atoms with van der Waals surface area (Å²) < 4.78 is 19.1. The van der Waals surface area contributed by atoms with Crippen molar-refractivity contribution in [3.8, 4) is 6.19 Å². The van der Waals surface area contributed by atoms with Gasteiger partial charge in [-0.2, -0.15) is 5.26 Å². The van der Waals surface area contributed by atoms with E-state index < -0.39 is 11.5 Å². The highest BCUT2D eigenvalue weighted by Gasteiger charge is 2.34. The minimum atomic E-state index is -1.20. The van der Waals surface area contributed by atoms with E-state index in [1.807, 2.05) is 30.3 Å². The van der Waals surface area contributed by atoms with Gasteiger partial charge >= 0.3 is 0 Å². The van der Waals surface area contributed by atoms with Crippen LogP contribution in [0.2, 0.25) is 0 Å². The van der Waals surface area contributed by atoms with Crippen molar-refractivity contribution in [3.05, 3.63) is 59.9 Å². The predicted molar refractivity (Wildman–Crippen MR) is 157 cm³/mol. The Kier molecular flexibility index (Phi) is 11.0. The molecule has 1 aromatic heterocycles. The number of alkyl halides is 1. The van der Waals surface area contributed by atoms with Crippen LogP contribution < -0.4 is 10.2 Å². The number of carbonyl (C=O) groups excluding carboxylic acids is 2. The van der Waals surface area contributed by atoms with Crippen molar-refractivity contribution >= 4 is 27.1 Å². The predicted octanol–water partition coefficient (Wildman–Crippen LogP) is 4.52. The molecule has 40 heavy (non-hydrogen) atoms. The van der Waals surface area contributed by atoms with E-state index in [1.54, 1.807) is 12.4 Å². The van der Waals surface area contributed by atoms with E-state index in [2.05, 4.69) is 64.6 Å². The number of halogens is 1. The van der Waals surface area contributed by atoms with Crippen LogP contribution in [-0.4, -0.2) is 66.4 Å². The number of nitrogens with one attached hydrogen (secondary N) is 1. The molecule has 2 fully saturated rings. The lowest BCUT2D eigenvalue weighted by atomic mass is 9.87. The lowest BCUT2D eigenvalue weighted by Crippen LogP contribution is -2.45. The number of rotatable bonds is 6. The zero-order valence-electron chi connectivity index (χ0n) is 23.8. The standard InChI is InChI=1S/C24H33FN3OP.C6H8N2O2/c1-23(2,3)18-7-9-20(10-8-18)28(4)21(17-6-5-15-26-16-17)22(29)27-19-11-13-24(25,30)14-12-19;7-5-8-1-2-10-4-6(8)3-9/h5-10,15-16,19,21H,11-14,30H2,1-4H3,(H,27,29);3,6H,1-2,4H2. The molecule has 216 valence electrons. The quantitative estimate of drug-likeness (QED) is 0.310. The molecule has 1 saturated carbocycles. The molecule has 1 amide bonds. The first-order valence-electron chi connectivity index (χ1n) is 13.7. The van der Waals surface area contributed by atoms with Crippen molar-refractivity contribution in [2.24, 2.45) is 0 Å². The third-order valence-electron chi connectivity index (χ3n) is 7.39. The Balaban J connectivity index is 0.000000371. The molecule has 1 saturated heterocycles. The molecule has 2 heterocycles. The molecular weight excluding hydrogens is 528 g/mol. The highest BCUT2D eigenvalue weighted by Crippen LogP contribution is 2.37. The molecular formula is C30H41FN5O3P. The zero-order chi connectivity index (χ0) is 29.3. The third kappa shape index (κ3) is 8.71. The number of pyridine rings is 1. The maximum Gasteiger partial charge on any atom is 0.247 e. The summed E-state index contributed by atoms with van der Waals surface area (Å²) in [6.45, 7) is 7.96. The molecule has 1 aliphatic heterocycles. The fourth-order valence-corrected chi connectivity index (χ4v) is 5.15. The number of hydrogen-bond acceptors (Lipinski definition) is 7. The number of nitriles is 1. The Bertz CT molecular complexity index is 1140. The fourth-order valence-electron chi connectivity index (χ4n) is 4.82. The van der Waals surface area contributed by atoms with Crippen molar-refractivity contribution < 1.29 is 18.7 Å². The molecule has 0 radical (unpaired) electrons. The lowest BCUT2D eigenvalue weighted by Gasteiger charge is -2.34. The van der Waals surface area contributed by atoms with Crippen LogP contribution in [0.3, 0.4) is 0 Å². The Hall–Kier alpha value is -3.08. The monoisotopic (exact) mass is 569 g/mol. The van der Waals surface area contributed by atoms with Gasteiger partial charge in [-0.1, -0.05) is 48.2 Å². The van der Waals surface area contributed by atoms with E-state index in [4.69, 9.17) is 10.00 Å². The highest BCUT2D eigenvalue weighted by atomic mass is 31.0. The van der Waals surface area contributed by atoms with Crippen molar-refractivity contribution in [2.75, 3.05) is 31.7 Å². The molecule has 0 spiro atoms. The van der Waals surface area contributed by atoms with Crippen LogP contribution in [0.5, 0.6) is 0 Å². The number of nitrogens with zero attached hydrogens (tertiary/aromatic N) is 4. The third-order valence-corrected chi connectivity index (χ3v) is 7.97. The Morgan fingerprint density at radius 2 is 1.98 bits per heavy atom. The molecule has 2 aliphatic rings. The molecule has 4 rings (SSSR count). The highest BCUT2D eigenvalue weighted by molar-refractivity contribution is 7.18. The molecule has 1 aromatic carbocycles. The maximum atomic E-state index is 14.1. The van der Waals surface area contributed by atoms with Gasteiger partial charge < -0.3 is 19.7 Å². The van der Waals surface area contributed by atoms with Gasteiger partial charge in [-0.05, 0) is 54.9 Å². The summed E-state index contributed by atoms with van der Waals surface area (Å²) >= 11 is 0. The molecule has 1 N–H and O–H groups in total. The topological polar surface area (TPSA) is 98.6 Å². The summed E-state index contributed by atoms with van der Waals surface area (Å²) in [6, 6.07) is 11.2. The summed E-state index contributed by atoms with van der Waals surface area (Å²) in [5.74, 6) is -0.0782. The number of hydrogen-bond donors (Lipinski definition) is 1. The minimum absolute atomic E-state index is 0.00207. The van der Waals surface area contributed by atoms with Crippen molar-refractivity contribution in [3.63, 3.8) is 0 Å². The largest absolute Gasteiger partial charge is 0.377 e. The molecule has 1 aliphatic carbocycles. The lowest BCUT2D eigenvalue weighted by molar-refractivity contribution is -0.123. The number of benzene rings is 1. The van der Waals surface area contributed by atoms with Gasteiger partial charge in [0, 0.05) is 36.7 Å². The average Bonchev–Trinajstić information content (AvgIpc) is 2.94. The normalized spacial score (nSPS) is 23.6. The number of amides is 1. The van der Waals surface area contributed by atoms with Crippen LogP contribution in [0.1, 0.15) is 63.6 Å². The van der Waals surface area contributed by atoms with E-state index in [0.717, 1.165) is 17.5 Å². The van der Waals surface area contributed by atoms with E-state index in [-0.39, 0.29) is 23.4 Å².